The van der Waals surface area contributed by atoms with Crippen LogP contribution in [0, 0.1) is 11.8 Å². The van der Waals surface area contributed by atoms with Crippen molar-refractivity contribution in [2.75, 3.05) is 32.7 Å². The third kappa shape index (κ3) is 2.68. The van der Waals surface area contributed by atoms with Crippen molar-refractivity contribution in [3.05, 3.63) is 0 Å². The molecule has 2 heteroatoms. The predicted molar refractivity (Wildman–Crippen MR) is 55.8 cm³/mol. The number of hydrogen-bond donors (Lipinski definition) is 1. The maximum Gasteiger partial charge on any atom is 0.00224 e. The lowest BCUT2D eigenvalue weighted by Gasteiger charge is -2.32. The molecule has 13 heavy (non-hydrogen) atoms. The van der Waals surface area contributed by atoms with E-state index in [1.54, 1.807) is 0 Å². The quantitative estimate of drug-likeness (QED) is 0.693. The van der Waals surface area contributed by atoms with Gasteiger partial charge in [0.25, 0.3) is 0 Å². The van der Waals surface area contributed by atoms with Crippen molar-refractivity contribution in [2.24, 2.45) is 11.8 Å². The summed E-state index contributed by atoms with van der Waals surface area (Å²) in [7, 11) is 0. The van der Waals surface area contributed by atoms with Crippen LogP contribution in [0.4, 0.5) is 0 Å². The Kier molecular flexibility index (Phi) is 3.23. The minimum atomic E-state index is 0.933. The molecule has 0 bridgehead atoms. The third-order valence-corrected chi connectivity index (χ3v) is 3.42. The molecule has 0 aromatic heterocycles. The average Bonchev–Trinajstić information content (AvgIpc) is 2.57. The maximum absolute atomic E-state index is 3.45. The summed E-state index contributed by atoms with van der Waals surface area (Å²) < 4.78 is 0. The second-order valence-corrected chi connectivity index (χ2v) is 4.87. The molecular weight excluding hydrogens is 160 g/mol. The first kappa shape index (κ1) is 9.47. The van der Waals surface area contributed by atoms with Crippen LogP contribution in [0.3, 0.4) is 0 Å². The van der Waals surface area contributed by atoms with Crippen LogP contribution in [-0.4, -0.2) is 37.6 Å². The molecule has 2 aliphatic heterocycles. The molecule has 2 heterocycles. The second kappa shape index (κ2) is 4.43. The molecule has 0 radical (unpaired) electrons. The smallest absolute Gasteiger partial charge is 0.00224 e. The highest BCUT2D eigenvalue weighted by Crippen LogP contribution is 2.18. The van der Waals surface area contributed by atoms with E-state index in [0.717, 1.165) is 11.8 Å². The van der Waals surface area contributed by atoms with Crippen molar-refractivity contribution in [3.8, 4) is 0 Å². The first-order valence-electron chi connectivity index (χ1n) is 5.77. The normalized spacial score (nSPS) is 36.7. The SMILES string of the molecule is C[C@@H]1CCCN(C[C@H]2CCNC2)C1. The van der Waals surface area contributed by atoms with E-state index in [1.807, 2.05) is 0 Å². The predicted octanol–water partition coefficient (Wildman–Crippen LogP) is 1.33. The second-order valence-electron chi connectivity index (χ2n) is 4.87. The van der Waals surface area contributed by atoms with Gasteiger partial charge < -0.3 is 10.2 Å². The maximum atomic E-state index is 3.45. The highest BCUT2D eigenvalue weighted by atomic mass is 15.1. The van der Waals surface area contributed by atoms with Gasteiger partial charge in [0.2, 0.25) is 0 Å². The van der Waals surface area contributed by atoms with E-state index in [0.29, 0.717) is 0 Å². The zero-order valence-corrected chi connectivity index (χ0v) is 8.76. The molecule has 2 nitrogen and oxygen atoms in total. The van der Waals surface area contributed by atoms with Crippen LogP contribution < -0.4 is 5.32 Å². The van der Waals surface area contributed by atoms with Crippen LogP contribution in [0.25, 0.3) is 0 Å². The van der Waals surface area contributed by atoms with Crippen molar-refractivity contribution >= 4 is 0 Å². The van der Waals surface area contributed by atoms with E-state index in [4.69, 9.17) is 0 Å². The van der Waals surface area contributed by atoms with Crippen LogP contribution >= 0.6 is 0 Å². The van der Waals surface area contributed by atoms with Crippen LogP contribution in [0.5, 0.6) is 0 Å². The molecule has 0 aromatic carbocycles. The summed E-state index contributed by atoms with van der Waals surface area (Å²) in [6.45, 7) is 8.92. The molecule has 2 rings (SSSR count). The van der Waals surface area contributed by atoms with E-state index in [-0.39, 0.29) is 0 Å². The van der Waals surface area contributed by atoms with Gasteiger partial charge in [0.05, 0.1) is 0 Å². The van der Waals surface area contributed by atoms with Gasteiger partial charge in [-0.25, -0.2) is 0 Å². The van der Waals surface area contributed by atoms with Gasteiger partial charge in [-0.05, 0) is 50.7 Å². The number of nitrogens with one attached hydrogen (secondary N) is 1. The van der Waals surface area contributed by atoms with Crippen molar-refractivity contribution in [2.45, 2.75) is 26.2 Å². The molecule has 76 valence electrons. The lowest BCUT2D eigenvalue weighted by atomic mass is 9.98. The molecule has 0 unspecified atom stereocenters. The van der Waals surface area contributed by atoms with E-state index >= 15 is 0 Å². The van der Waals surface area contributed by atoms with Crippen LogP contribution in [0.15, 0.2) is 0 Å². The third-order valence-electron chi connectivity index (χ3n) is 3.42. The van der Waals surface area contributed by atoms with Crippen molar-refractivity contribution in [3.63, 3.8) is 0 Å². The molecule has 0 aliphatic carbocycles. The van der Waals surface area contributed by atoms with Gasteiger partial charge in [0, 0.05) is 13.1 Å². The number of likely N-dealkylation sites (tertiary alicyclic amines) is 1. The number of hydrogen-bond acceptors (Lipinski definition) is 2. The number of nitrogens with zero attached hydrogens (tertiary/aromatic N) is 1. The fraction of sp³-hybridized carbons (Fsp3) is 1.00. The molecular formula is C11H22N2. The summed E-state index contributed by atoms with van der Waals surface area (Å²) in [5.41, 5.74) is 0. The summed E-state index contributed by atoms with van der Waals surface area (Å²) in [6.07, 6.45) is 4.26. The van der Waals surface area contributed by atoms with Crippen molar-refractivity contribution in [1.29, 1.82) is 0 Å². The minimum Gasteiger partial charge on any atom is -0.316 e. The molecule has 0 aromatic rings. The molecule has 1 N–H and O–H groups in total. The zero-order chi connectivity index (χ0) is 9.10. The van der Waals surface area contributed by atoms with Gasteiger partial charge in [-0.15, -0.1) is 0 Å². The molecule has 2 aliphatic rings. The Bertz CT molecular complexity index is 152. The summed E-state index contributed by atoms with van der Waals surface area (Å²) in [5.74, 6) is 1.87. The van der Waals surface area contributed by atoms with Gasteiger partial charge in [0.1, 0.15) is 0 Å². The Labute approximate surface area is 81.7 Å². The molecule has 2 atom stereocenters. The van der Waals surface area contributed by atoms with E-state index in [1.165, 1.54) is 52.0 Å². The van der Waals surface area contributed by atoms with Crippen LogP contribution in [-0.2, 0) is 0 Å². The van der Waals surface area contributed by atoms with E-state index in [2.05, 4.69) is 17.1 Å². The summed E-state index contributed by atoms with van der Waals surface area (Å²) in [6, 6.07) is 0. The van der Waals surface area contributed by atoms with Gasteiger partial charge in [0.15, 0.2) is 0 Å². The molecule has 0 saturated carbocycles. The monoisotopic (exact) mass is 182 g/mol. The fourth-order valence-electron chi connectivity index (χ4n) is 2.69. The molecule has 2 fully saturated rings. The Morgan fingerprint density at radius 3 is 3.00 bits per heavy atom. The van der Waals surface area contributed by atoms with Crippen LogP contribution in [0.1, 0.15) is 26.2 Å². The van der Waals surface area contributed by atoms with Crippen molar-refractivity contribution in [1.82, 2.24) is 10.2 Å². The van der Waals surface area contributed by atoms with Gasteiger partial charge in [-0.2, -0.15) is 0 Å². The largest absolute Gasteiger partial charge is 0.316 e. The van der Waals surface area contributed by atoms with Gasteiger partial charge in [-0.3, -0.25) is 0 Å². The number of rotatable bonds is 2. The zero-order valence-electron chi connectivity index (χ0n) is 8.76. The van der Waals surface area contributed by atoms with Gasteiger partial charge >= 0.3 is 0 Å². The molecule has 2 saturated heterocycles. The van der Waals surface area contributed by atoms with Gasteiger partial charge in [-0.1, -0.05) is 6.92 Å². The summed E-state index contributed by atoms with van der Waals surface area (Å²) >= 11 is 0. The first-order chi connectivity index (χ1) is 6.34. The first-order valence-corrected chi connectivity index (χ1v) is 5.77. The molecule has 0 amide bonds. The molecule has 0 spiro atoms. The van der Waals surface area contributed by atoms with E-state index < -0.39 is 0 Å². The summed E-state index contributed by atoms with van der Waals surface area (Å²) in [5, 5.41) is 3.45. The number of piperidine rings is 1. The summed E-state index contributed by atoms with van der Waals surface area (Å²) in [4.78, 5) is 2.67. The highest BCUT2D eigenvalue weighted by molar-refractivity contribution is 4.77. The van der Waals surface area contributed by atoms with Crippen LogP contribution in [0.2, 0.25) is 0 Å². The average molecular weight is 182 g/mol. The Morgan fingerprint density at radius 2 is 2.31 bits per heavy atom. The minimum absolute atomic E-state index is 0.933. The highest BCUT2D eigenvalue weighted by Gasteiger charge is 2.21. The Hall–Kier alpha value is -0.0800. The lowest BCUT2D eigenvalue weighted by Crippen LogP contribution is -2.38. The standard InChI is InChI=1S/C11H22N2/c1-10-3-2-6-13(8-10)9-11-4-5-12-7-11/h10-12H,2-9H2,1H3/t10-,11+/m1/s1. The Morgan fingerprint density at radius 1 is 1.38 bits per heavy atom. The fourth-order valence-corrected chi connectivity index (χ4v) is 2.69. The lowest BCUT2D eigenvalue weighted by molar-refractivity contribution is 0.163. The van der Waals surface area contributed by atoms with Crippen molar-refractivity contribution < 1.29 is 0 Å². The Balaban J connectivity index is 1.73. The van der Waals surface area contributed by atoms with E-state index in [9.17, 15) is 0 Å². The topological polar surface area (TPSA) is 15.3 Å².